The Balaban J connectivity index is 0.00000147. The van der Waals surface area contributed by atoms with E-state index in [4.69, 9.17) is 0 Å². The van der Waals surface area contributed by atoms with Crippen LogP contribution >= 0.6 is 0 Å². The molecule has 0 amide bonds. The van der Waals surface area contributed by atoms with E-state index in [0.29, 0.717) is 6.54 Å². The summed E-state index contributed by atoms with van der Waals surface area (Å²) in [5, 5.41) is 3.35. The minimum atomic E-state index is -0.0670. The molecule has 104 valence electrons. The zero-order valence-corrected chi connectivity index (χ0v) is 11.9. The Labute approximate surface area is 125 Å². The topological polar surface area (TPSA) is 33.0 Å². The Morgan fingerprint density at radius 1 is 1.15 bits per heavy atom. The van der Waals surface area contributed by atoms with Crippen molar-refractivity contribution in [1.82, 2.24) is 0 Å². The van der Waals surface area contributed by atoms with E-state index in [1.165, 1.54) is 5.56 Å². The fourth-order valence-electron chi connectivity index (χ4n) is 2.51. The summed E-state index contributed by atoms with van der Waals surface area (Å²) >= 11 is 0. The van der Waals surface area contributed by atoms with Gasteiger partial charge in [-0.05, 0) is 24.5 Å². The van der Waals surface area contributed by atoms with Crippen LogP contribution in [-0.2, 0) is 17.8 Å². The van der Waals surface area contributed by atoms with Crippen molar-refractivity contribution in [2.24, 2.45) is 0 Å². The first-order valence-corrected chi connectivity index (χ1v) is 6.64. The molecule has 0 bridgehead atoms. The van der Waals surface area contributed by atoms with Crippen LogP contribution in [0.25, 0.3) is 0 Å². The van der Waals surface area contributed by atoms with Gasteiger partial charge < -0.3 is 17.7 Å². The number of halogens is 1. The van der Waals surface area contributed by atoms with E-state index in [2.05, 4.69) is 11.4 Å². The number of nitrogens with zero attached hydrogens (tertiary/aromatic N) is 1. The number of rotatable bonds is 3. The third-order valence-corrected chi connectivity index (χ3v) is 3.55. The highest BCUT2D eigenvalue weighted by Crippen LogP contribution is 2.24. The number of carbonyl (C=O) groups is 1. The maximum atomic E-state index is 12.3. The quantitative estimate of drug-likeness (QED) is 0.733. The molecule has 0 radical (unpaired) electrons. The van der Waals surface area contributed by atoms with E-state index in [1.807, 2.05) is 53.4 Å². The van der Waals surface area contributed by atoms with Crippen molar-refractivity contribution in [2.45, 2.75) is 25.4 Å². The summed E-state index contributed by atoms with van der Waals surface area (Å²) in [5.74, 6) is 0.241. The van der Waals surface area contributed by atoms with E-state index < -0.39 is 0 Å². The Bertz CT molecular complexity index is 586. The number of ketones is 1. The molecule has 20 heavy (non-hydrogen) atoms. The maximum absolute atomic E-state index is 12.3. The number of nitrogens with one attached hydrogen (secondary N) is 1. The molecule has 0 aliphatic carbocycles. The number of hydrogen-bond donors (Lipinski definition) is 1. The number of pyridine rings is 1. The van der Waals surface area contributed by atoms with Gasteiger partial charge in [0.25, 0.3) is 0 Å². The highest BCUT2D eigenvalue weighted by atomic mass is 35.5. The van der Waals surface area contributed by atoms with E-state index in [9.17, 15) is 4.79 Å². The maximum Gasteiger partial charge on any atom is 0.219 e. The standard InChI is InChI=1S/C16H17N2O.ClH/c19-16(12-18-10-4-1-5-11-18)15-9-8-13-6-2-3-7-14(13)17-15;/h1-7,10-11,15,17H,8-9,12H2;1H/q+1;/p-1. The highest BCUT2D eigenvalue weighted by Gasteiger charge is 2.25. The van der Waals surface area contributed by atoms with E-state index >= 15 is 0 Å². The largest absolute Gasteiger partial charge is 1.00 e. The molecule has 4 heteroatoms. The van der Waals surface area contributed by atoms with Crippen LogP contribution < -0.4 is 22.3 Å². The van der Waals surface area contributed by atoms with Crippen LogP contribution in [0.2, 0.25) is 0 Å². The summed E-state index contributed by atoms with van der Waals surface area (Å²) in [7, 11) is 0. The third kappa shape index (κ3) is 3.17. The van der Waals surface area contributed by atoms with Crippen LogP contribution in [0.5, 0.6) is 0 Å². The van der Waals surface area contributed by atoms with Gasteiger partial charge in [-0.1, -0.05) is 24.3 Å². The number of hydrogen-bond acceptors (Lipinski definition) is 2. The van der Waals surface area contributed by atoms with Crippen molar-refractivity contribution >= 4 is 11.5 Å². The van der Waals surface area contributed by atoms with Crippen molar-refractivity contribution < 1.29 is 21.8 Å². The second kappa shape index (κ2) is 6.53. The molecule has 1 aliphatic rings. The Morgan fingerprint density at radius 3 is 2.70 bits per heavy atom. The van der Waals surface area contributed by atoms with Crippen LogP contribution in [0.1, 0.15) is 12.0 Å². The molecule has 0 saturated carbocycles. The normalized spacial score (nSPS) is 16.5. The first-order valence-electron chi connectivity index (χ1n) is 6.64. The molecule has 3 rings (SSSR count). The van der Waals surface area contributed by atoms with Gasteiger partial charge in [0, 0.05) is 17.8 Å². The average molecular weight is 289 g/mol. The molecule has 1 aromatic carbocycles. The Hall–Kier alpha value is -1.87. The third-order valence-electron chi connectivity index (χ3n) is 3.55. The van der Waals surface area contributed by atoms with Gasteiger partial charge in [0.15, 0.2) is 12.4 Å². The van der Waals surface area contributed by atoms with Gasteiger partial charge in [0.05, 0.1) is 6.04 Å². The fraction of sp³-hybridized carbons (Fsp3) is 0.250. The van der Waals surface area contributed by atoms with Gasteiger partial charge in [-0.2, -0.15) is 4.57 Å². The molecule has 1 aromatic heterocycles. The second-order valence-corrected chi connectivity index (χ2v) is 4.91. The molecule has 1 aliphatic heterocycles. The lowest BCUT2D eigenvalue weighted by molar-refractivity contribution is -0.684. The molecule has 1 atom stereocenters. The molecule has 1 unspecified atom stereocenters. The summed E-state index contributed by atoms with van der Waals surface area (Å²) in [5.41, 5.74) is 2.41. The number of anilines is 1. The molecule has 1 N–H and O–H groups in total. The summed E-state index contributed by atoms with van der Waals surface area (Å²) in [6, 6.07) is 14.0. The fourth-order valence-corrected chi connectivity index (χ4v) is 2.51. The summed E-state index contributed by atoms with van der Waals surface area (Å²) in [6.45, 7) is 0.431. The Kier molecular flexibility index (Phi) is 4.74. The molecule has 0 saturated heterocycles. The lowest BCUT2D eigenvalue weighted by Crippen LogP contribution is -3.00. The van der Waals surface area contributed by atoms with Crippen molar-refractivity contribution in [3.05, 3.63) is 60.4 Å². The van der Waals surface area contributed by atoms with Crippen molar-refractivity contribution in [3.63, 3.8) is 0 Å². The average Bonchev–Trinajstić information content (AvgIpc) is 2.48. The van der Waals surface area contributed by atoms with Gasteiger partial charge in [-0.15, -0.1) is 0 Å². The molecular formula is C16H17ClN2O. The number of fused-ring (bicyclic) bond motifs is 1. The first-order chi connectivity index (χ1) is 9.33. The number of Topliss-reactive ketones (excluding diaryl/α,β-unsaturated/α-hetero) is 1. The van der Waals surface area contributed by atoms with Gasteiger partial charge in [-0.3, -0.25) is 4.79 Å². The van der Waals surface area contributed by atoms with E-state index in [0.717, 1.165) is 18.5 Å². The molecule has 2 heterocycles. The summed E-state index contributed by atoms with van der Waals surface area (Å²) < 4.78 is 1.92. The highest BCUT2D eigenvalue weighted by molar-refractivity contribution is 5.86. The van der Waals surface area contributed by atoms with Crippen molar-refractivity contribution in [1.29, 1.82) is 0 Å². The number of aryl methyl sites for hydroxylation is 1. The Morgan fingerprint density at radius 2 is 1.90 bits per heavy atom. The zero-order valence-electron chi connectivity index (χ0n) is 11.1. The number of carbonyl (C=O) groups excluding carboxylic acids is 1. The van der Waals surface area contributed by atoms with Crippen molar-refractivity contribution in [2.75, 3.05) is 5.32 Å². The summed E-state index contributed by atoms with van der Waals surface area (Å²) in [4.78, 5) is 12.3. The SMILES string of the molecule is O=C(C[n+]1ccccc1)C1CCc2ccccc2N1.[Cl-]. The molecule has 2 aromatic rings. The second-order valence-electron chi connectivity index (χ2n) is 4.91. The number of benzene rings is 1. The van der Waals surface area contributed by atoms with Gasteiger partial charge in [-0.25, -0.2) is 0 Å². The minimum absolute atomic E-state index is 0. The molecular weight excluding hydrogens is 272 g/mol. The van der Waals surface area contributed by atoms with Crippen LogP contribution in [0.3, 0.4) is 0 Å². The van der Waals surface area contributed by atoms with Crippen molar-refractivity contribution in [3.8, 4) is 0 Å². The van der Waals surface area contributed by atoms with Crippen LogP contribution in [0, 0.1) is 0 Å². The predicted octanol–water partition coefficient (Wildman–Crippen LogP) is -1.03. The number of aromatic nitrogens is 1. The van der Waals surface area contributed by atoms with E-state index in [1.54, 1.807) is 0 Å². The van der Waals surface area contributed by atoms with Crippen LogP contribution in [0.4, 0.5) is 5.69 Å². The predicted molar refractivity (Wildman–Crippen MR) is 73.8 cm³/mol. The zero-order chi connectivity index (χ0) is 13.1. The molecule has 3 nitrogen and oxygen atoms in total. The van der Waals surface area contributed by atoms with Crippen LogP contribution in [-0.4, -0.2) is 11.8 Å². The first kappa shape index (κ1) is 14.5. The van der Waals surface area contributed by atoms with Gasteiger partial charge in [0.2, 0.25) is 12.3 Å². The molecule has 0 spiro atoms. The van der Waals surface area contributed by atoms with E-state index in [-0.39, 0.29) is 24.2 Å². The summed E-state index contributed by atoms with van der Waals surface area (Å²) in [6.07, 6.45) is 5.70. The van der Waals surface area contributed by atoms with Crippen LogP contribution in [0.15, 0.2) is 54.9 Å². The minimum Gasteiger partial charge on any atom is -1.00 e. The smallest absolute Gasteiger partial charge is 0.219 e. The number of para-hydroxylation sites is 1. The van der Waals surface area contributed by atoms with Gasteiger partial charge in [0.1, 0.15) is 0 Å². The lowest BCUT2D eigenvalue weighted by Gasteiger charge is -2.25. The molecule has 0 fully saturated rings. The van der Waals surface area contributed by atoms with Gasteiger partial charge >= 0.3 is 0 Å². The monoisotopic (exact) mass is 288 g/mol. The lowest BCUT2D eigenvalue weighted by atomic mass is 9.95.